The maximum Gasteiger partial charge on any atom is 0.270 e. The van der Waals surface area contributed by atoms with Crippen LogP contribution in [0.3, 0.4) is 0 Å². The summed E-state index contributed by atoms with van der Waals surface area (Å²) in [6, 6.07) is 0. The van der Waals surface area contributed by atoms with Crippen LogP contribution in [-0.2, 0) is 10.1 Å². The van der Waals surface area contributed by atoms with Crippen LogP contribution in [0.25, 0.3) is 0 Å². The summed E-state index contributed by atoms with van der Waals surface area (Å²) in [5.74, 6) is 0. The van der Waals surface area contributed by atoms with Gasteiger partial charge >= 0.3 is 0 Å². The molecular weight excluding hydrogens is 384 g/mol. The molecule has 2 unspecified atom stereocenters. The van der Waals surface area contributed by atoms with Crippen LogP contribution in [0, 0.1) is 0 Å². The van der Waals surface area contributed by atoms with Gasteiger partial charge in [-0.1, -0.05) is 129 Å². The molecule has 0 saturated carbocycles. The Morgan fingerprint density at radius 3 is 1.21 bits per heavy atom. The normalized spacial score (nSPS) is 14.2. The number of hydrogen-bond acceptors (Lipinski definition) is 3. The van der Waals surface area contributed by atoms with Crippen LogP contribution in [0.4, 0.5) is 0 Å². The van der Waals surface area contributed by atoms with Crippen LogP contribution in [0.1, 0.15) is 142 Å². The minimum atomic E-state index is -4.18. The van der Waals surface area contributed by atoms with E-state index in [1.807, 2.05) is 0 Å². The van der Waals surface area contributed by atoms with E-state index < -0.39 is 21.5 Å². The summed E-state index contributed by atoms with van der Waals surface area (Å²) in [4.78, 5) is 0. The van der Waals surface area contributed by atoms with Crippen molar-refractivity contribution in [1.82, 2.24) is 0 Å². The average molecular weight is 435 g/mol. The second-order valence-corrected chi connectivity index (χ2v) is 10.5. The third-order valence-corrected chi connectivity index (χ3v) is 7.32. The summed E-state index contributed by atoms with van der Waals surface area (Å²) in [7, 11) is -4.18. The maximum absolute atomic E-state index is 11.7. The number of aliphatic hydroxyl groups is 1. The van der Waals surface area contributed by atoms with E-state index in [9.17, 15) is 18.1 Å². The molecular formula is C24H50O4S. The number of unbranched alkanes of at least 4 members (excludes halogenated alkanes) is 16. The minimum absolute atomic E-state index is 0.369. The highest BCUT2D eigenvalue weighted by atomic mass is 32.2. The Balaban J connectivity index is 3.83. The first-order valence-corrected chi connectivity index (χ1v) is 14.1. The first-order chi connectivity index (χ1) is 13.9. The van der Waals surface area contributed by atoms with Crippen molar-refractivity contribution < 1.29 is 18.1 Å². The fourth-order valence-electron chi connectivity index (χ4n) is 4.05. The smallest absolute Gasteiger partial charge is 0.270 e. The lowest BCUT2D eigenvalue weighted by molar-refractivity contribution is 0.146. The maximum atomic E-state index is 11.7. The van der Waals surface area contributed by atoms with Gasteiger partial charge in [0.25, 0.3) is 10.1 Å². The molecule has 0 aliphatic rings. The van der Waals surface area contributed by atoms with Gasteiger partial charge in [0.2, 0.25) is 0 Å². The summed E-state index contributed by atoms with van der Waals surface area (Å²) in [6.07, 6.45) is 21.1. The molecule has 0 aromatic rings. The van der Waals surface area contributed by atoms with E-state index in [4.69, 9.17) is 0 Å². The monoisotopic (exact) mass is 434 g/mol. The molecule has 0 radical (unpaired) electrons. The quantitative estimate of drug-likeness (QED) is 0.137. The SMILES string of the molecule is CCCCCCCCCCCCCC(C(O)CCCCCCCCC)S(=O)(=O)O. The van der Waals surface area contributed by atoms with Gasteiger partial charge in [-0.25, -0.2) is 0 Å². The molecule has 0 spiro atoms. The van der Waals surface area contributed by atoms with E-state index in [0.717, 1.165) is 38.5 Å². The van der Waals surface area contributed by atoms with Gasteiger partial charge in [0.15, 0.2) is 0 Å². The Morgan fingerprint density at radius 2 is 0.862 bits per heavy atom. The predicted octanol–water partition coefficient (Wildman–Crippen LogP) is 7.45. The molecule has 4 nitrogen and oxygen atoms in total. The van der Waals surface area contributed by atoms with E-state index in [2.05, 4.69) is 13.8 Å². The molecule has 2 N–H and O–H groups in total. The second kappa shape index (κ2) is 19.8. The van der Waals surface area contributed by atoms with Gasteiger partial charge in [-0.2, -0.15) is 8.42 Å². The number of hydrogen-bond donors (Lipinski definition) is 2. The Kier molecular flexibility index (Phi) is 19.7. The molecule has 0 saturated heterocycles. The van der Waals surface area contributed by atoms with Gasteiger partial charge in [0, 0.05) is 0 Å². The van der Waals surface area contributed by atoms with Crippen LogP contribution in [0.5, 0.6) is 0 Å². The Hall–Kier alpha value is -0.130. The van der Waals surface area contributed by atoms with E-state index >= 15 is 0 Å². The minimum Gasteiger partial charge on any atom is -0.392 e. The number of rotatable bonds is 22. The molecule has 0 fully saturated rings. The van der Waals surface area contributed by atoms with Crippen LogP contribution < -0.4 is 0 Å². The van der Waals surface area contributed by atoms with E-state index in [0.29, 0.717) is 12.8 Å². The molecule has 0 aliphatic heterocycles. The third-order valence-electron chi connectivity index (χ3n) is 6.01. The lowest BCUT2D eigenvalue weighted by Gasteiger charge is -2.20. The second-order valence-electron chi connectivity index (χ2n) is 8.85. The molecule has 176 valence electrons. The molecule has 0 bridgehead atoms. The van der Waals surface area contributed by atoms with Crippen molar-refractivity contribution in [2.24, 2.45) is 0 Å². The molecule has 0 aromatic heterocycles. The third kappa shape index (κ3) is 18.4. The predicted molar refractivity (Wildman–Crippen MR) is 125 cm³/mol. The van der Waals surface area contributed by atoms with Crippen molar-refractivity contribution >= 4 is 10.1 Å². The summed E-state index contributed by atoms with van der Waals surface area (Å²) >= 11 is 0. The van der Waals surface area contributed by atoms with Gasteiger partial charge in [-0.15, -0.1) is 0 Å². The van der Waals surface area contributed by atoms with Crippen LogP contribution >= 0.6 is 0 Å². The van der Waals surface area contributed by atoms with Crippen molar-refractivity contribution in [3.63, 3.8) is 0 Å². The van der Waals surface area contributed by atoms with Gasteiger partial charge in [0.05, 0.1) is 6.10 Å². The van der Waals surface area contributed by atoms with Gasteiger partial charge in [0.1, 0.15) is 5.25 Å². The van der Waals surface area contributed by atoms with Crippen molar-refractivity contribution in [2.45, 2.75) is 154 Å². The zero-order valence-electron chi connectivity index (χ0n) is 19.4. The Morgan fingerprint density at radius 1 is 0.552 bits per heavy atom. The van der Waals surface area contributed by atoms with Gasteiger partial charge in [-0.3, -0.25) is 4.55 Å². The first-order valence-electron chi connectivity index (χ1n) is 12.6. The van der Waals surface area contributed by atoms with Crippen LogP contribution in [-0.4, -0.2) is 29.4 Å². The van der Waals surface area contributed by atoms with Gasteiger partial charge in [-0.05, 0) is 12.8 Å². The van der Waals surface area contributed by atoms with E-state index in [1.54, 1.807) is 0 Å². The lowest BCUT2D eigenvalue weighted by atomic mass is 10.0. The molecule has 5 heteroatoms. The fraction of sp³-hybridized carbons (Fsp3) is 1.00. The van der Waals surface area contributed by atoms with Crippen molar-refractivity contribution in [3.05, 3.63) is 0 Å². The van der Waals surface area contributed by atoms with E-state index in [-0.39, 0.29) is 0 Å². The van der Waals surface area contributed by atoms with Crippen molar-refractivity contribution in [2.75, 3.05) is 0 Å². The van der Waals surface area contributed by atoms with Crippen molar-refractivity contribution in [3.8, 4) is 0 Å². The molecule has 0 aliphatic carbocycles. The highest BCUT2D eigenvalue weighted by molar-refractivity contribution is 7.86. The topological polar surface area (TPSA) is 74.6 Å². The summed E-state index contributed by atoms with van der Waals surface area (Å²) in [5.41, 5.74) is 0. The fourth-order valence-corrected chi connectivity index (χ4v) is 5.04. The molecule has 0 aromatic carbocycles. The molecule has 0 rings (SSSR count). The summed E-state index contributed by atoms with van der Waals surface area (Å²) in [5, 5.41) is 9.29. The van der Waals surface area contributed by atoms with Crippen LogP contribution in [0.2, 0.25) is 0 Å². The standard InChI is InChI=1S/C24H50O4S/c1-3-5-7-9-11-12-13-14-16-18-20-22-24(29(26,27)28)23(25)21-19-17-15-10-8-6-4-2/h23-25H,3-22H2,1-2H3,(H,26,27,28). The first kappa shape index (κ1) is 28.9. The van der Waals surface area contributed by atoms with Crippen LogP contribution in [0.15, 0.2) is 0 Å². The van der Waals surface area contributed by atoms with Gasteiger partial charge < -0.3 is 5.11 Å². The molecule has 29 heavy (non-hydrogen) atoms. The zero-order chi connectivity index (χ0) is 21.8. The highest BCUT2D eigenvalue weighted by Crippen LogP contribution is 2.20. The van der Waals surface area contributed by atoms with E-state index in [1.165, 1.54) is 77.0 Å². The Bertz CT molecular complexity index is 436. The summed E-state index contributed by atoms with van der Waals surface area (Å²) in [6.45, 7) is 4.43. The van der Waals surface area contributed by atoms with Crippen molar-refractivity contribution in [1.29, 1.82) is 0 Å². The zero-order valence-corrected chi connectivity index (χ0v) is 20.2. The summed E-state index contributed by atoms with van der Waals surface area (Å²) < 4.78 is 32.9. The number of aliphatic hydroxyl groups excluding tert-OH is 1. The average Bonchev–Trinajstić information content (AvgIpc) is 2.67. The molecule has 2 atom stereocenters. The molecule has 0 heterocycles. The highest BCUT2D eigenvalue weighted by Gasteiger charge is 2.29. The Labute approximate surface area is 182 Å². The lowest BCUT2D eigenvalue weighted by Crippen LogP contribution is -2.33. The molecule has 0 amide bonds. The largest absolute Gasteiger partial charge is 0.392 e.